The van der Waals surface area contributed by atoms with Crippen molar-refractivity contribution >= 4 is 17.9 Å². The fraction of sp³-hybridized carbons (Fsp3) is 0.500. The van der Waals surface area contributed by atoms with Gasteiger partial charge in [-0.15, -0.1) is 0 Å². The number of hydrogen-bond donors (Lipinski definition) is 4. The van der Waals surface area contributed by atoms with Gasteiger partial charge in [0, 0.05) is 18.2 Å². The van der Waals surface area contributed by atoms with Crippen LogP contribution in [0.2, 0.25) is 0 Å². The number of piperidine rings is 1. The standard InChI is InChI=1S/C30H37N3O8/c1-2-41-27-11-20(29(37)33-22-12-24(34)13-23(33)17-40-16-22)7-8-26(27)28(36)31-14-25(35)15-32(30(38)39)21-9-18-5-3-4-6-19(18)10-21/h3-8,11,21-25,34-35H,2,9-10,12-17H2,1H3,(H,31,36)(H,38,39)/t22?,23?,24?,25-/m1/s1. The van der Waals surface area contributed by atoms with Gasteiger partial charge in [-0.2, -0.15) is 0 Å². The van der Waals surface area contributed by atoms with Crippen LogP contribution in [0.25, 0.3) is 0 Å². The summed E-state index contributed by atoms with van der Waals surface area (Å²) in [6.07, 6.45) is -0.631. The lowest BCUT2D eigenvalue weighted by Gasteiger charge is -2.47. The topological polar surface area (TPSA) is 149 Å². The molecule has 2 aliphatic heterocycles. The number of rotatable bonds is 9. The summed E-state index contributed by atoms with van der Waals surface area (Å²) in [4.78, 5) is 41.5. The van der Waals surface area contributed by atoms with Crippen molar-refractivity contribution in [3.63, 3.8) is 0 Å². The Morgan fingerprint density at radius 3 is 2.37 bits per heavy atom. The first-order chi connectivity index (χ1) is 19.7. The van der Waals surface area contributed by atoms with Crippen LogP contribution >= 0.6 is 0 Å². The van der Waals surface area contributed by atoms with Crippen molar-refractivity contribution in [2.45, 2.75) is 62.9 Å². The maximum atomic E-state index is 13.5. The molecule has 1 aliphatic carbocycles. The molecule has 3 atom stereocenters. The van der Waals surface area contributed by atoms with E-state index in [0.717, 1.165) is 11.1 Å². The van der Waals surface area contributed by atoms with Crippen LogP contribution in [0, 0.1) is 0 Å². The number of aliphatic hydroxyl groups is 2. The molecule has 4 N–H and O–H groups in total. The molecule has 3 aliphatic rings. The van der Waals surface area contributed by atoms with Crippen molar-refractivity contribution in [3.8, 4) is 5.75 Å². The number of fused-ring (bicyclic) bond motifs is 3. The van der Waals surface area contributed by atoms with Gasteiger partial charge in [-0.3, -0.25) is 9.59 Å². The second-order valence-electron chi connectivity index (χ2n) is 11.0. The molecule has 0 radical (unpaired) electrons. The quantitative estimate of drug-likeness (QED) is 0.358. The summed E-state index contributed by atoms with van der Waals surface area (Å²) < 4.78 is 11.3. The Morgan fingerprint density at radius 1 is 1.10 bits per heavy atom. The minimum atomic E-state index is -1.12. The van der Waals surface area contributed by atoms with Crippen LogP contribution < -0.4 is 10.1 Å². The van der Waals surface area contributed by atoms with E-state index < -0.39 is 24.2 Å². The number of morpholine rings is 1. The smallest absolute Gasteiger partial charge is 0.407 e. The Labute approximate surface area is 238 Å². The van der Waals surface area contributed by atoms with Crippen molar-refractivity contribution in [2.75, 3.05) is 32.9 Å². The fourth-order valence-corrected chi connectivity index (χ4v) is 6.22. The molecule has 2 fully saturated rings. The molecule has 2 saturated heterocycles. The minimum absolute atomic E-state index is 0.142. The van der Waals surface area contributed by atoms with Crippen LogP contribution in [0.3, 0.4) is 0 Å². The molecule has 220 valence electrons. The summed E-state index contributed by atoms with van der Waals surface area (Å²) in [6.45, 7) is 2.48. The summed E-state index contributed by atoms with van der Waals surface area (Å²) in [7, 11) is 0. The van der Waals surface area contributed by atoms with Gasteiger partial charge in [0.25, 0.3) is 11.8 Å². The Hall–Kier alpha value is -3.67. The largest absolute Gasteiger partial charge is 0.493 e. The van der Waals surface area contributed by atoms with Crippen molar-refractivity contribution in [1.82, 2.24) is 15.1 Å². The van der Waals surface area contributed by atoms with Crippen LogP contribution in [-0.2, 0) is 17.6 Å². The van der Waals surface area contributed by atoms with Crippen LogP contribution in [0.4, 0.5) is 4.79 Å². The van der Waals surface area contributed by atoms with Crippen LogP contribution in [-0.4, -0.2) is 106 Å². The van der Waals surface area contributed by atoms with E-state index >= 15 is 0 Å². The maximum absolute atomic E-state index is 13.5. The Bertz CT molecular complexity index is 1250. The maximum Gasteiger partial charge on any atom is 0.407 e. The predicted molar refractivity (Wildman–Crippen MR) is 148 cm³/mol. The van der Waals surface area contributed by atoms with Gasteiger partial charge in [-0.1, -0.05) is 24.3 Å². The number of nitrogens with zero attached hydrogens (tertiary/aromatic N) is 2. The van der Waals surface area contributed by atoms with Crippen LogP contribution in [0.5, 0.6) is 5.75 Å². The lowest BCUT2D eigenvalue weighted by atomic mass is 9.91. The first kappa shape index (κ1) is 28.8. The van der Waals surface area contributed by atoms with E-state index in [1.807, 2.05) is 24.3 Å². The van der Waals surface area contributed by atoms with Crippen molar-refractivity contribution < 1.29 is 39.2 Å². The monoisotopic (exact) mass is 567 g/mol. The molecule has 0 spiro atoms. The molecule has 2 unspecified atom stereocenters. The molecular weight excluding hydrogens is 530 g/mol. The van der Waals surface area contributed by atoms with Gasteiger partial charge < -0.3 is 39.9 Å². The van der Waals surface area contributed by atoms with Crippen LogP contribution in [0.15, 0.2) is 42.5 Å². The highest BCUT2D eigenvalue weighted by Crippen LogP contribution is 2.31. The van der Waals surface area contributed by atoms with E-state index in [1.54, 1.807) is 24.0 Å². The molecule has 11 heteroatoms. The number of carbonyl (C=O) groups is 3. The lowest BCUT2D eigenvalue weighted by Crippen LogP contribution is -2.60. The number of aliphatic hydroxyl groups excluding tert-OH is 2. The number of carbonyl (C=O) groups excluding carboxylic acids is 2. The molecule has 2 heterocycles. The zero-order valence-corrected chi connectivity index (χ0v) is 23.1. The zero-order chi connectivity index (χ0) is 29.1. The third-order valence-electron chi connectivity index (χ3n) is 8.12. The molecule has 3 amide bonds. The molecule has 0 saturated carbocycles. The first-order valence-electron chi connectivity index (χ1n) is 14.1. The number of hydrogen-bond acceptors (Lipinski definition) is 7. The highest BCUT2D eigenvalue weighted by Gasteiger charge is 2.41. The fourth-order valence-electron chi connectivity index (χ4n) is 6.22. The molecular formula is C30H37N3O8. The third kappa shape index (κ3) is 6.32. The molecule has 2 aromatic rings. The van der Waals surface area contributed by atoms with Crippen molar-refractivity contribution in [2.24, 2.45) is 0 Å². The summed E-state index contributed by atoms with van der Waals surface area (Å²) in [5.74, 6) is -0.478. The van der Waals surface area contributed by atoms with Crippen molar-refractivity contribution in [3.05, 3.63) is 64.7 Å². The van der Waals surface area contributed by atoms with Crippen molar-refractivity contribution in [1.29, 1.82) is 0 Å². The molecule has 41 heavy (non-hydrogen) atoms. The second kappa shape index (κ2) is 12.5. The highest BCUT2D eigenvalue weighted by molar-refractivity contribution is 6.00. The van der Waals surface area contributed by atoms with E-state index in [0.29, 0.717) is 44.5 Å². The van der Waals surface area contributed by atoms with E-state index in [9.17, 15) is 29.7 Å². The molecule has 2 bridgehead atoms. The van der Waals surface area contributed by atoms with E-state index in [-0.39, 0.29) is 55.0 Å². The average molecular weight is 568 g/mol. The Balaban J connectivity index is 1.22. The summed E-state index contributed by atoms with van der Waals surface area (Å²) in [5.41, 5.74) is 2.78. The Morgan fingerprint density at radius 2 is 1.76 bits per heavy atom. The van der Waals surface area contributed by atoms with Gasteiger partial charge in [-0.05, 0) is 61.9 Å². The minimum Gasteiger partial charge on any atom is -0.493 e. The van der Waals surface area contributed by atoms with Gasteiger partial charge in [0.1, 0.15) is 5.75 Å². The van der Waals surface area contributed by atoms with Gasteiger partial charge in [0.05, 0.1) is 56.2 Å². The van der Waals surface area contributed by atoms with Gasteiger partial charge in [0.2, 0.25) is 0 Å². The Kier molecular flexibility index (Phi) is 8.77. The first-order valence-corrected chi connectivity index (χ1v) is 14.1. The predicted octanol–water partition coefficient (Wildman–Crippen LogP) is 1.69. The summed E-state index contributed by atoms with van der Waals surface area (Å²) >= 11 is 0. The number of benzene rings is 2. The SMILES string of the molecule is CCOc1cc(C(=O)N2C3COCC2CC(O)C3)ccc1C(=O)NC[C@@H](O)CN(C(=O)O)C1Cc2ccccc2C1. The van der Waals surface area contributed by atoms with E-state index in [1.165, 1.54) is 11.0 Å². The van der Waals surface area contributed by atoms with Gasteiger partial charge in [0.15, 0.2) is 0 Å². The zero-order valence-electron chi connectivity index (χ0n) is 23.1. The number of amides is 3. The summed E-state index contributed by atoms with van der Waals surface area (Å²) in [6, 6.07) is 11.7. The van der Waals surface area contributed by atoms with Gasteiger partial charge >= 0.3 is 6.09 Å². The van der Waals surface area contributed by atoms with E-state index in [2.05, 4.69) is 5.32 Å². The van der Waals surface area contributed by atoms with E-state index in [4.69, 9.17) is 9.47 Å². The molecule has 11 nitrogen and oxygen atoms in total. The average Bonchev–Trinajstić information content (AvgIpc) is 3.37. The normalized spacial score (nSPS) is 22.5. The lowest BCUT2D eigenvalue weighted by molar-refractivity contribution is -0.0871. The van der Waals surface area contributed by atoms with Crippen LogP contribution in [0.1, 0.15) is 51.6 Å². The number of carboxylic acid groups (broad SMARTS) is 1. The van der Waals surface area contributed by atoms with Gasteiger partial charge in [-0.25, -0.2) is 4.79 Å². The second-order valence-corrected chi connectivity index (χ2v) is 11.0. The molecule has 5 rings (SSSR count). The highest BCUT2D eigenvalue weighted by atomic mass is 16.5. The molecule has 2 aromatic carbocycles. The summed E-state index contributed by atoms with van der Waals surface area (Å²) in [5, 5.41) is 33.3. The number of ether oxygens (including phenoxy) is 2. The molecule has 0 aromatic heterocycles. The third-order valence-corrected chi connectivity index (χ3v) is 8.12. The number of nitrogens with one attached hydrogen (secondary N) is 1.